The van der Waals surface area contributed by atoms with Gasteiger partial charge in [-0.25, -0.2) is 9.97 Å². The van der Waals surface area contributed by atoms with Crippen molar-refractivity contribution in [1.29, 1.82) is 0 Å². The summed E-state index contributed by atoms with van der Waals surface area (Å²) in [4.78, 5) is 22.7. The van der Waals surface area contributed by atoms with Crippen molar-refractivity contribution in [2.24, 2.45) is 4.40 Å². The fraction of sp³-hybridized carbons (Fsp3) is 0.250. The number of benzene rings is 2. The van der Waals surface area contributed by atoms with E-state index < -0.39 is 10.0 Å². The van der Waals surface area contributed by atoms with E-state index in [0.717, 1.165) is 12.8 Å². The second kappa shape index (κ2) is 10.4. The first kappa shape index (κ1) is 24.6. The Bertz CT molecular complexity index is 1360. The van der Waals surface area contributed by atoms with E-state index in [4.69, 9.17) is 11.6 Å². The molecule has 0 saturated heterocycles. The van der Waals surface area contributed by atoms with Crippen LogP contribution >= 0.6 is 11.6 Å². The van der Waals surface area contributed by atoms with E-state index in [-0.39, 0.29) is 17.2 Å². The third-order valence-electron chi connectivity index (χ3n) is 5.14. The smallest absolute Gasteiger partial charge is 0.284 e. The number of carbonyl (C=O) groups excluding carboxylic acids is 1. The molecule has 2 N–H and O–H groups in total. The molecular weight excluding hydrogens is 488 g/mol. The Morgan fingerprint density at radius 2 is 1.89 bits per heavy atom. The SMILES string of the molecule is CN(C)/C=N/S(=O)(=O)c1cc(NC(=O)Cc2ccccc2Cl)ccc1-c1cnc(NC2CC2)nc1. The maximum atomic E-state index is 13.1. The highest BCUT2D eigenvalue weighted by Gasteiger charge is 2.23. The molecule has 1 heterocycles. The first-order chi connectivity index (χ1) is 16.7. The molecule has 0 aliphatic heterocycles. The molecular formula is C24H25ClN6O3S. The molecule has 1 fully saturated rings. The van der Waals surface area contributed by atoms with E-state index in [1.54, 1.807) is 62.9 Å². The molecule has 3 aromatic rings. The standard InChI is InChI=1S/C24H25ClN6O3S/c1-31(2)15-28-35(33,34)22-12-19(29-23(32)11-16-5-3-4-6-21(16)25)9-10-20(22)17-13-26-24(27-14-17)30-18-7-8-18/h3-6,9-10,12-15,18H,7-8,11H2,1-2H3,(H,29,32)(H,26,27,30)/b28-15+. The van der Waals surface area contributed by atoms with Gasteiger partial charge < -0.3 is 15.5 Å². The fourth-order valence-corrected chi connectivity index (χ4v) is 4.61. The monoisotopic (exact) mass is 512 g/mol. The summed E-state index contributed by atoms with van der Waals surface area (Å²) in [6, 6.07) is 12.1. The summed E-state index contributed by atoms with van der Waals surface area (Å²) < 4.78 is 30.0. The Morgan fingerprint density at radius 1 is 1.17 bits per heavy atom. The zero-order chi connectivity index (χ0) is 25.0. The van der Waals surface area contributed by atoms with Gasteiger partial charge in [0.2, 0.25) is 11.9 Å². The van der Waals surface area contributed by atoms with Crippen LogP contribution in [-0.2, 0) is 21.2 Å². The lowest BCUT2D eigenvalue weighted by Crippen LogP contribution is -2.15. The highest BCUT2D eigenvalue weighted by Crippen LogP contribution is 2.31. The van der Waals surface area contributed by atoms with Gasteiger partial charge >= 0.3 is 0 Å². The van der Waals surface area contributed by atoms with Crippen LogP contribution in [-0.4, -0.2) is 55.7 Å². The van der Waals surface area contributed by atoms with Crippen molar-refractivity contribution >= 4 is 45.5 Å². The van der Waals surface area contributed by atoms with Crippen molar-refractivity contribution in [1.82, 2.24) is 14.9 Å². The summed E-state index contributed by atoms with van der Waals surface area (Å²) in [6.07, 6.45) is 6.56. The average molecular weight is 513 g/mol. The quantitative estimate of drug-likeness (QED) is 0.330. The first-order valence-electron chi connectivity index (χ1n) is 10.9. The minimum absolute atomic E-state index is 0.0472. The van der Waals surface area contributed by atoms with Crippen LogP contribution in [0, 0.1) is 0 Å². The number of amides is 1. The van der Waals surface area contributed by atoms with Gasteiger partial charge in [-0.05, 0) is 36.6 Å². The van der Waals surface area contributed by atoms with Crippen molar-refractivity contribution in [2.75, 3.05) is 24.7 Å². The predicted octanol–water partition coefficient (Wildman–Crippen LogP) is 3.83. The third-order valence-corrected chi connectivity index (χ3v) is 6.78. The van der Waals surface area contributed by atoms with Gasteiger partial charge in [-0.15, -0.1) is 4.40 Å². The topological polar surface area (TPSA) is 117 Å². The van der Waals surface area contributed by atoms with Crippen LogP contribution in [0.2, 0.25) is 5.02 Å². The molecule has 1 aliphatic carbocycles. The highest BCUT2D eigenvalue weighted by atomic mass is 35.5. The number of hydrogen-bond acceptors (Lipinski definition) is 6. The van der Waals surface area contributed by atoms with Crippen molar-refractivity contribution in [3.8, 4) is 11.1 Å². The largest absolute Gasteiger partial charge is 0.368 e. The minimum atomic E-state index is -4.09. The van der Waals surface area contributed by atoms with Gasteiger partial charge in [0.25, 0.3) is 10.0 Å². The lowest BCUT2D eigenvalue weighted by Gasteiger charge is -2.13. The van der Waals surface area contributed by atoms with Crippen molar-refractivity contribution in [3.63, 3.8) is 0 Å². The molecule has 182 valence electrons. The number of nitrogens with zero attached hydrogens (tertiary/aromatic N) is 4. The van der Waals surface area contributed by atoms with Crippen LogP contribution in [0.5, 0.6) is 0 Å². The number of aromatic nitrogens is 2. The third kappa shape index (κ3) is 6.55. The summed E-state index contributed by atoms with van der Waals surface area (Å²) >= 11 is 6.15. The van der Waals surface area contributed by atoms with E-state index >= 15 is 0 Å². The van der Waals surface area contributed by atoms with Crippen molar-refractivity contribution in [2.45, 2.75) is 30.2 Å². The predicted molar refractivity (Wildman–Crippen MR) is 137 cm³/mol. The molecule has 0 radical (unpaired) electrons. The van der Waals surface area contributed by atoms with Crippen LogP contribution in [0.15, 0.2) is 64.2 Å². The number of rotatable bonds is 9. The van der Waals surface area contributed by atoms with Crippen molar-refractivity contribution in [3.05, 3.63) is 65.4 Å². The average Bonchev–Trinajstić information content (AvgIpc) is 3.64. The Morgan fingerprint density at radius 3 is 2.54 bits per heavy atom. The van der Waals surface area contributed by atoms with Gasteiger partial charge in [-0.2, -0.15) is 8.42 Å². The molecule has 0 spiro atoms. The number of halogens is 1. The number of carbonyl (C=O) groups is 1. The summed E-state index contributed by atoms with van der Waals surface area (Å²) in [6.45, 7) is 0. The fourth-order valence-electron chi connectivity index (χ4n) is 3.24. The lowest BCUT2D eigenvalue weighted by molar-refractivity contribution is -0.115. The van der Waals surface area contributed by atoms with E-state index in [2.05, 4.69) is 25.0 Å². The van der Waals surface area contributed by atoms with Gasteiger partial charge in [0.15, 0.2) is 0 Å². The molecule has 0 atom stereocenters. The normalized spacial score (nSPS) is 13.6. The summed E-state index contributed by atoms with van der Waals surface area (Å²) in [5.41, 5.74) is 1.88. The molecule has 0 bridgehead atoms. The zero-order valence-electron chi connectivity index (χ0n) is 19.3. The van der Waals surface area contributed by atoms with Gasteiger partial charge in [0.1, 0.15) is 6.34 Å². The molecule has 1 amide bonds. The van der Waals surface area contributed by atoms with E-state index in [1.165, 1.54) is 17.3 Å². The molecule has 0 unspecified atom stereocenters. The lowest BCUT2D eigenvalue weighted by atomic mass is 10.1. The maximum Gasteiger partial charge on any atom is 0.284 e. The molecule has 9 nitrogen and oxygen atoms in total. The molecule has 1 aromatic heterocycles. The van der Waals surface area contributed by atoms with E-state index in [0.29, 0.717) is 39.4 Å². The minimum Gasteiger partial charge on any atom is -0.368 e. The van der Waals surface area contributed by atoms with Crippen LogP contribution in [0.1, 0.15) is 18.4 Å². The van der Waals surface area contributed by atoms with Gasteiger partial charge in [-0.3, -0.25) is 4.79 Å². The van der Waals surface area contributed by atoms with Gasteiger partial charge in [-0.1, -0.05) is 35.9 Å². The molecule has 35 heavy (non-hydrogen) atoms. The second-order valence-corrected chi connectivity index (χ2v) is 10.4. The zero-order valence-corrected chi connectivity index (χ0v) is 20.8. The van der Waals surface area contributed by atoms with E-state index in [9.17, 15) is 13.2 Å². The summed E-state index contributed by atoms with van der Waals surface area (Å²) in [7, 11) is -0.750. The molecule has 11 heteroatoms. The Hall–Kier alpha value is -3.50. The van der Waals surface area contributed by atoms with Crippen LogP contribution in [0.3, 0.4) is 0 Å². The molecule has 2 aromatic carbocycles. The Balaban J connectivity index is 1.64. The molecule has 4 rings (SSSR count). The Labute approximate surface area is 209 Å². The maximum absolute atomic E-state index is 13.1. The summed E-state index contributed by atoms with van der Waals surface area (Å²) in [5, 5.41) is 6.43. The number of hydrogen-bond donors (Lipinski definition) is 2. The summed E-state index contributed by atoms with van der Waals surface area (Å²) in [5.74, 6) is 0.166. The van der Waals surface area contributed by atoms with Gasteiger partial charge in [0, 0.05) is 54.4 Å². The first-order valence-corrected chi connectivity index (χ1v) is 12.8. The second-order valence-electron chi connectivity index (χ2n) is 8.40. The van der Waals surface area contributed by atoms with Crippen LogP contribution < -0.4 is 10.6 Å². The number of sulfonamides is 1. The molecule has 1 saturated carbocycles. The molecule has 1 aliphatic rings. The number of nitrogens with one attached hydrogen (secondary N) is 2. The van der Waals surface area contributed by atoms with Gasteiger partial charge in [0.05, 0.1) is 11.3 Å². The van der Waals surface area contributed by atoms with Crippen LogP contribution in [0.4, 0.5) is 11.6 Å². The Kier molecular flexibility index (Phi) is 7.32. The highest BCUT2D eigenvalue weighted by molar-refractivity contribution is 7.90. The number of anilines is 2. The van der Waals surface area contributed by atoms with Crippen LogP contribution in [0.25, 0.3) is 11.1 Å². The van der Waals surface area contributed by atoms with E-state index in [1.807, 2.05) is 0 Å². The van der Waals surface area contributed by atoms with Crippen molar-refractivity contribution < 1.29 is 13.2 Å².